The molecule has 5 nitrogen and oxygen atoms in total. The molecule has 2 aromatic rings. The van der Waals surface area contributed by atoms with Crippen LogP contribution in [-0.2, 0) is 22.6 Å². The third-order valence-electron chi connectivity index (χ3n) is 4.60. The molecule has 1 saturated heterocycles. The zero-order valence-electron chi connectivity index (χ0n) is 14.5. The Morgan fingerprint density at radius 3 is 2.68 bits per heavy atom. The van der Waals surface area contributed by atoms with Crippen molar-refractivity contribution in [1.29, 1.82) is 0 Å². The number of carbonyl (C=O) groups excluding carboxylic acids is 2. The molecule has 0 bridgehead atoms. The van der Waals surface area contributed by atoms with Gasteiger partial charge in [0.25, 0.3) is 0 Å². The summed E-state index contributed by atoms with van der Waals surface area (Å²) in [4.78, 5) is 32.5. The fourth-order valence-corrected chi connectivity index (χ4v) is 3.22. The fraction of sp³-hybridized carbons (Fsp3) is 0.350. The van der Waals surface area contributed by atoms with Crippen LogP contribution >= 0.6 is 0 Å². The Morgan fingerprint density at radius 1 is 1.20 bits per heavy atom. The Labute approximate surface area is 148 Å². The predicted molar refractivity (Wildman–Crippen MR) is 95.5 cm³/mol. The molecule has 25 heavy (non-hydrogen) atoms. The van der Waals surface area contributed by atoms with Crippen molar-refractivity contribution in [1.82, 2.24) is 14.8 Å². The van der Waals surface area contributed by atoms with Crippen molar-refractivity contribution in [2.24, 2.45) is 5.92 Å². The van der Waals surface area contributed by atoms with Gasteiger partial charge in [-0.2, -0.15) is 0 Å². The summed E-state index contributed by atoms with van der Waals surface area (Å²) < 4.78 is 0. The van der Waals surface area contributed by atoms with Crippen molar-refractivity contribution in [3.63, 3.8) is 0 Å². The summed E-state index contributed by atoms with van der Waals surface area (Å²) in [5.74, 6) is -0.145. The summed E-state index contributed by atoms with van der Waals surface area (Å²) in [6, 6.07) is 13.9. The summed E-state index contributed by atoms with van der Waals surface area (Å²) >= 11 is 0. The smallest absolute Gasteiger partial charge is 0.228 e. The first-order chi connectivity index (χ1) is 12.1. The molecule has 1 unspecified atom stereocenters. The first-order valence-electron chi connectivity index (χ1n) is 8.59. The van der Waals surface area contributed by atoms with Gasteiger partial charge < -0.3 is 9.80 Å². The molecule has 0 aliphatic carbocycles. The molecule has 0 spiro atoms. The standard InChI is InChI=1S/C20H23N3O2/c1-22(14-17-8-5-10-21-13-17)20(25)18-12-19(24)23(15-18)11-9-16-6-3-2-4-7-16/h2-8,10,13,18H,9,11-12,14-15H2,1H3. The van der Waals surface area contributed by atoms with Gasteiger partial charge >= 0.3 is 0 Å². The molecule has 2 amide bonds. The van der Waals surface area contributed by atoms with Crippen LogP contribution in [0.4, 0.5) is 0 Å². The van der Waals surface area contributed by atoms with E-state index in [-0.39, 0.29) is 17.7 Å². The van der Waals surface area contributed by atoms with E-state index in [0.29, 0.717) is 26.1 Å². The Morgan fingerprint density at radius 2 is 1.96 bits per heavy atom. The molecule has 1 aromatic heterocycles. The van der Waals surface area contributed by atoms with Gasteiger partial charge in [-0.3, -0.25) is 14.6 Å². The molecule has 3 rings (SSSR count). The van der Waals surface area contributed by atoms with E-state index in [9.17, 15) is 9.59 Å². The van der Waals surface area contributed by atoms with E-state index in [1.165, 1.54) is 5.56 Å². The summed E-state index contributed by atoms with van der Waals surface area (Å²) in [5, 5.41) is 0. The maximum atomic E-state index is 12.6. The maximum absolute atomic E-state index is 12.6. The quantitative estimate of drug-likeness (QED) is 0.811. The lowest BCUT2D eigenvalue weighted by Gasteiger charge is -2.21. The van der Waals surface area contributed by atoms with Gasteiger partial charge in [-0.25, -0.2) is 0 Å². The highest BCUT2D eigenvalue weighted by molar-refractivity contribution is 5.89. The molecule has 130 valence electrons. The fourth-order valence-electron chi connectivity index (χ4n) is 3.22. The number of carbonyl (C=O) groups is 2. The van der Waals surface area contributed by atoms with Crippen molar-refractivity contribution in [3.8, 4) is 0 Å². The van der Waals surface area contributed by atoms with Gasteiger partial charge in [0.05, 0.1) is 5.92 Å². The number of aromatic nitrogens is 1. The number of nitrogens with zero attached hydrogens (tertiary/aromatic N) is 3. The third-order valence-corrected chi connectivity index (χ3v) is 4.60. The van der Waals surface area contributed by atoms with Crippen molar-refractivity contribution < 1.29 is 9.59 Å². The first kappa shape index (κ1) is 17.1. The Hall–Kier alpha value is -2.69. The lowest BCUT2D eigenvalue weighted by atomic mass is 10.1. The van der Waals surface area contributed by atoms with E-state index in [1.54, 1.807) is 24.3 Å². The maximum Gasteiger partial charge on any atom is 0.228 e. The molecule has 1 aromatic carbocycles. The highest BCUT2D eigenvalue weighted by Crippen LogP contribution is 2.21. The minimum Gasteiger partial charge on any atom is -0.342 e. The number of pyridine rings is 1. The normalized spacial score (nSPS) is 16.9. The number of benzene rings is 1. The van der Waals surface area contributed by atoms with Crippen LogP contribution in [0.3, 0.4) is 0 Å². The second-order valence-corrected chi connectivity index (χ2v) is 6.53. The zero-order chi connectivity index (χ0) is 17.6. The summed E-state index contributed by atoms with van der Waals surface area (Å²) in [6.07, 6.45) is 4.60. The van der Waals surface area contributed by atoms with E-state index in [4.69, 9.17) is 0 Å². The summed E-state index contributed by atoms with van der Waals surface area (Å²) in [5.41, 5.74) is 2.20. The number of amides is 2. The Bertz CT molecular complexity index is 718. The molecule has 2 heterocycles. The minimum absolute atomic E-state index is 0.0272. The highest BCUT2D eigenvalue weighted by Gasteiger charge is 2.35. The molecule has 1 atom stereocenters. The van der Waals surface area contributed by atoms with Crippen LogP contribution in [0.25, 0.3) is 0 Å². The van der Waals surface area contributed by atoms with E-state index < -0.39 is 0 Å². The van der Waals surface area contributed by atoms with Crippen LogP contribution in [0.2, 0.25) is 0 Å². The largest absolute Gasteiger partial charge is 0.342 e. The van der Waals surface area contributed by atoms with Crippen molar-refractivity contribution in [2.75, 3.05) is 20.1 Å². The lowest BCUT2D eigenvalue weighted by molar-refractivity contribution is -0.135. The van der Waals surface area contributed by atoms with Crippen LogP contribution in [0.1, 0.15) is 17.5 Å². The molecular weight excluding hydrogens is 314 g/mol. The van der Waals surface area contributed by atoms with Crippen LogP contribution in [0.5, 0.6) is 0 Å². The number of hydrogen-bond acceptors (Lipinski definition) is 3. The summed E-state index contributed by atoms with van der Waals surface area (Å²) in [7, 11) is 1.78. The number of hydrogen-bond donors (Lipinski definition) is 0. The average molecular weight is 337 g/mol. The average Bonchev–Trinajstić information content (AvgIpc) is 3.02. The van der Waals surface area contributed by atoms with Gasteiger partial charge in [0.1, 0.15) is 0 Å². The SMILES string of the molecule is CN(Cc1cccnc1)C(=O)C1CC(=O)N(CCc2ccccc2)C1. The molecule has 1 aliphatic rings. The topological polar surface area (TPSA) is 53.5 Å². The van der Waals surface area contributed by atoms with Gasteiger partial charge in [-0.15, -0.1) is 0 Å². The van der Waals surface area contributed by atoms with E-state index in [1.807, 2.05) is 35.2 Å². The first-order valence-corrected chi connectivity index (χ1v) is 8.59. The molecule has 0 N–H and O–H groups in total. The monoisotopic (exact) mass is 337 g/mol. The van der Waals surface area contributed by atoms with Crippen LogP contribution in [0, 0.1) is 5.92 Å². The molecule has 5 heteroatoms. The Balaban J connectivity index is 1.53. The highest BCUT2D eigenvalue weighted by atomic mass is 16.2. The second-order valence-electron chi connectivity index (χ2n) is 6.53. The molecule has 0 saturated carbocycles. The van der Waals surface area contributed by atoms with Crippen molar-refractivity contribution in [3.05, 3.63) is 66.0 Å². The van der Waals surface area contributed by atoms with E-state index in [2.05, 4.69) is 17.1 Å². The molecule has 1 aliphatic heterocycles. The van der Waals surface area contributed by atoms with Crippen molar-refractivity contribution in [2.45, 2.75) is 19.4 Å². The van der Waals surface area contributed by atoms with Gasteiger partial charge in [-0.05, 0) is 23.6 Å². The van der Waals surface area contributed by atoms with Crippen LogP contribution in [-0.4, -0.2) is 46.7 Å². The van der Waals surface area contributed by atoms with Gasteiger partial charge in [0.15, 0.2) is 0 Å². The second kappa shape index (κ2) is 7.92. The summed E-state index contributed by atoms with van der Waals surface area (Å²) in [6.45, 7) is 1.70. The van der Waals surface area contributed by atoms with Gasteiger partial charge in [0.2, 0.25) is 11.8 Å². The van der Waals surface area contributed by atoms with Crippen molar-refractivity contribution >= 4 is 11.8 Å². The van der Waals surface area contributed by atoms with Crippen LogP contribution in [0.15, 0.2) is 54.9 Å². The lowest BCUT2D eigenvalue weighted by Crippen LogP contribution is -2.34. The van der Waals surface area contributed by atoms with Gasteiger partial charge in [0, 0.05) is 45.5 Å². The predicted octanol–water partition coefficient (Wildman–Crippen LogP) is 2.13. The van der Waals surface area contributed by atoms with Crippen LogP contribution < -0.4 is 0 Å². The zero-order valence-corrected chi connectivity index (χ0v) is 14.5. The molecule has 1 fully saturated rings. The number of rotatable bonds is 6. The Kier molecular flexibility index (Phi) is 5.43. The molecule has 0 radical (unpaired) electrons. The minimum atomic E-state index is -0.245. The number of likely N-dealkylation sites (tertiary alicyclic amines) is 1. The third kappa shape index (κ3) is 4.44. The van der Waals surface area contributed by atoms with E-state index in [0.717, 1.165) is 12.0 Å². The van der Waals surface area contributed by atoms with E-state index >= 15 is 0 Å². The molecular formula is C20H23N3O2. The van der Waals surface area contributed by atoms with Gasteiger partial charge in [-0.1, -0.05) is 36.4 Å².